The third-order valence-electron chi connectivity index (χ3n) is 3.09. The van der Waals surface area contributed by atoms with E-state index < -0.39 is 17.8 Å². The summed E-state index contributed by atoms with van der Waals surface area (Å²) < 4.78 is 11.8. The summed E-state index contributed by atoms with van der Waals surface area (Å²) in [5, 5.41) is 9.92. The second-order valence-electron chi connectivity index (χ2n) is 4.04. The van der Waals surface area contributed by atoms with Gasteiger partial charge in [0.1, 0.15) is 12.2 Å². The van der Waals surface area contributed by atoms with Crippen LogP contribution in [0.25, 0.3) is 0 Å². The number of hydrogen-bond donors (Lipinski definition) is 1. The van der Waals surface area contributed by atoms with Gasteiger partial charge in [0.25, 0.3) is 0 Å². The van der Waals surface area contributed by atoms with E-state index in [2.05, 4.69) is 22.5 Å². The molecule has 3 nitrogen and oxygen atoms in total. The van der Waals surface area contributed by atoms with Crippen LogP contribution in [-0.2, 0) is 15.1 Å². The number of hydrogen-bond acceptors (Lipinski definition) is 3. The molecule has 0 bridgehead atoms. The van der Waals surface area contributed by atoms with E-state index in [1.54, 1.807) is 7.11 Å². The first kappa shape index (κ1) is 12.8. The molecule has 2 rings (SSSR count). The van der Waals surface area contributed by atoms with Crippen molar-refractivity contribution in [3.8, 4) is 0 Å². The minimum atomic E-state index is -0.824. The number of benzene rings is 1. The third-order valence-corrected chi connectivity index (χ3v) is 3.68. The zero-order valence-electron chi connectivity index (χ0n) is 9.60. The molecule has 1 aliphatic rings. The van der Waals surface area contributed by atoms with E-state index >= 15 is 0 Å². The van der Waals surface area contributed by atoms with Gasteiger partial charge in [-0.1, -0.05) is 52.8 Å². The van der Waals surface area contributed by atoms with Crippen LogP contribution in [-0.4, -0.2) is 31.0 Å². The fourth-order valence-electron chi connectivity index (χ4n) is 2.30. The Morgan fingerprint density at radius 1 is 1.53 bits per heavy atom. The predicted octanol–water partition coefficient (Wildman–Crippen LogP) is 2.20. The fraction of sp³-hybridized carbons (Fsp3) is 0.385. The Hall–Kier alpha value is -0.680. The van der Waals surface area contributed by atoms with Crippen molar-refractivity contribution in [3.63, 3.8) is 0 Å². The quantitative estimate of drug-likeness (QED) is 0.930. The highest BCUT2D eigenvalue weighted by molar-refractivity contribution is 9.11. The van der Waals surface area contributed by atoms with E-state index in [-0.39, 0.29) is 6.61 Å². The highest BCUT2D eigenvalue weighted by atomic mass is 79.9. The van der Waals surface area contributed by atoms with E-state index in [0.29, 0.717) is 4.48 Å². The molecule has 1 fully saturated rings. The molecule has 0 amide bonds. The molecule has 1 aromatic rings. The van der Waals surface area contributed by atoms with Crippen molar-refractivity contribution in [2.75, 3.05) is 13.7 Å². The summed E-state index contributed by atoms with van der Waals surface area (Å²) in [4.78, 5) is 0. The van der Waals surface area contributed by atoms with E-state index in [1.165, 1.54) is 0 Å². The zero-order valence-corrected chi connectivity index (χ0v) is 11.2. The van der Waals surface area contributed by atoms with Crippen molar-refractivity contribution in [1.29, 1.82) is 0 Å². The molecule has 17 heavy (non-hydrogen) atoms. The summed E-state index contributed by atoms with van der Waals surface area (Å²) in [5.74, 6) is 0. The molecule has 1 aromatic carbocycles. The second kappa shape index (κ2) is 4.90. The summed E-state index contributed by atoms with van der Waals surface area (Å²) in [6.07, 6.45) is -1.12. The molecular formula is C13H15BrO3. The van der Waals surface area contributed by atoms with E-state index in [9.17, 15) is 5.11 Å². The van der Waals surface area contributed by atoms with Crippen molar-refractivity contribution >= 4 is 15.9 Å². The molecule has 0 aromatic heterocycles. The summed E-state index contributed by atoms with van der Waals surface area (Å²) in [6.45, 7) is 4.15. The monoisotopic (exact) mass is 298 g/mol. The topological polar surface area (TPSA) is 38.7 Å². The van der Waals surface area contributed by atoms with Crippen LogP contribution in [0.2, 0.25) is 0 Å². The molecule has 92 valence electrons. The number of methoxy groups -OCH3 is 1. The van der Waals surface area contributed by atoms with E-state index in [1.807, 2.05) is 30.3 Å². The van der Waals surface area contributed by atoms with Gasteiger partial charge in [-0.25, -0.2) is 0 Å². The van der Waals surface area contributed by atoms with Crippen molar-refractivity contribution < 1.29 is 14.6 Å². The van der Waals surface area contributed by atoms with Gasteiger partial charge in [0, 0.05) is 11.6 Å². The van der Waals surface area contributed by atoms with Crippen LogP contribution in [0.15, 0.2) is 41.4 Å². The van der Waals surface area contributed by atoms with Crippen LogP contribution < -0.4 is 0 Å². The van der Waals surface area contributed by atoms with Gasteiger partial charge >= 0.3 is 0 Å². The number of halogens is 1. The Kier molecular flexibility index (Phi) is 3.68. The van der Waals surface area contributed by atoms with Gasteiger partial charge in [-0.15, -0.1) is 0 Å². The van der Waals surface area contributed by atoms with Crippen molar-refractivity contribution in [1.82, 2.24) is 0 Å². The Morgan fingerprint density at radius 2 is 2.18 bits per heavy atom. The molecule has 1 N–H and O–H groups in total. The highest BCUT2D eigenvalue weighted by Gasteiger charge is 2.52. The standard InChI is InChI=1S/C13H15BrO3/c1-9(14)13(10-6-4-3-5-7-10)12(16-2)11(15)8-17-13/h3-7,11-12,15H,1,8H2,2H3/t11-,12-,13-/m1/s1. The molecule has 0 saturated carbocycles. The van der Waals surface area contributed by atoms with E-state index in [4.69, 9.17) is 9.47 Å². The Balaban J connectivity index is 2.51. The van der Waals surface area contributed by atoms with E-state index in [0.717, 1.165) is 5.56 Å². The number of aliphatic hydroxyl groups is 1. The highest BCUT2D eigenvalue weighted by Crippen LogP contribution is 2.45. The molecular weight excluding hydrogens is 284 g/mol. The van der Waals surface area contributed by atoms with Crippen molar-refractivity contribution in [3.05, 3.63) is 47.0 Å². The third kappa shape index (κ3) is 1.95. The molecule has 0 aliphatic carbocycles. The molecule has 1 aliphatic heterocycles. The summed E-state index contributed by atoms with van der Waals surface area (Å²) in [7, 11) is 1.57. The zero-order chi connectivity index (χ0) is 12.5. The smallest absolute Gasteiger partial charge is 0.153 e. The van der Waals surface area contributed by atoms with Crippen molar-refractivity contribution in [2.45, 2.75) is 17.8 Å². The lowest BCUT2D eigenvalue weighted by atomic mass is 9.87. The normalized spacial score (nSPS) is 32.6. The molecule has 4 heteroatoms. The van der Waals surface area contributed by atoms with Gasteiger partial charge in [-0.3, -0.25) is 0 Å². The van der Waals surface area contributed by atoms with Gasteiger partial charge in [-0.05, 0) is 5.56 Å². The SMILES string of the molecule is C=C(Br)[C@]1(c2ccccc2)OC[C@@H](O)[C@H]1OC. The molecule has 0 spiro atoms. The maximum Gasteiger partial charge on any atom is 0.153 e. The average Bonchev–Trinajstić information content (AvgIpc) is 2.68. The largest absolute Gasteiger partial charge is 0.388 e. The van der Waals surface area contributed by atoms with Gasteiger partial charge in [0.05, 0.1) is 6.61 Å². The van der Waals surface area contributed by atoms with Gasteiger partial charge in [0.2, 0.25) is 0 Å². The summed E-state index contributed by atoms with van der Waals surface area (Å²) in [5.41, 5.74) is 0.0976. The van der Waals surface area contributed by atoms with Crippen LogP contribution in [0.1, 0.15) is 5.56 Å². The maximum absolute atomic E-state index is 9.92. The van der Waals surface area contributed by atoms with Crippen LogP contribution in [0.3, 0.4) is 0 Å². The number of aliphatic hydroxyl groups excluding tert-OH is 1. The first-order chi connectivity index (χ1) is 8.13. The minimum absolute atomic E-state index is 0.234. The average molecular weight is 299 g/mol. The molecule has 1 saturated heterocycles. The molecule has 3 atom stereocenters. The minimum Gasteiger partial charge on any atom is -0.388 e. The number of ether oxygens (including phenoxy) is 2. The lowest BCUT2D eigenvalue weighted by molar-refractivity contribution is -0.0575. The maximum atomic E-state index is 9.92. The first-order valence-electron chi connectivity index (χ1n) is 5.38. The fourth-order valence-corrected chi connectivity index (χ4v) is 2.87. The second-order valence-corrected chi connectivity index (χ2v) is 5.00. The molecule has 1 heterocycles. The van der Waals surface area contributed by atoms with Crippen LogP contribution >= 0.6 is 15.9 Å². The predicted molar refractivity (Wildman–Crippen MR) is 68.9 cm³/mol. The van der Waals surface area contributed by atoms with Crippen LogP contribution in [0.4, 0.5) is 0 Å². The Morgan fingerprint density at radius 3 is 2.71 bits per heavy atom. The summed E-state index contributed by atoms with van der Waals surface area (Å²) in [6, 6.07) is 9.66. The van der Waals surface area contributed by atoms with Crippen LogP contribution in [0, 0.1) is 0 Å². The Bertz CT molecular complexity index is 406. The Labute approximate surface area is 109 Å². The lowest BCUT2D eigenvalue weighted by Crippen LogP contribution is -2.42. The number of rotatable bonds is 3. The molecule has 0 radical (unpaired) electrons. The first-order valence-corrected chi connectivity index (χ1v) is 6.17. The van der Waals surface area contributed by atoms with Crippen LogP contribution in [0.5, 0.6) is 0 Å². The van der Waals surface area contributed by atoms with Gasteiger partial charge < -0.3 is 14.6 Å². The molecule has 0 unspecified atom stereocenters. The van der Waals surface area contributed by atoms with Crippen molar-refractivity contribution in [2.24, 2.45) is 0 Å². The van der Waals surface area contributed by atoms with Gasteiger partial charge in [0.15, 0.2) is 5.60 Å². The summed E-state index contributed by atoms with van der Waals surface area (Å²) >= 11 is 3.39. The lowest BCUT2D eigenvalue weighted by Gasteiger charge is -2.34. The van der Waals surface area contributed by atoms with Gasteiger partial charge in [-0.2, -0.15) is 0 Å².